The van der Waals surface area contributed by atoms with Crippen LogP contribution in [0.3, 0.4) is 0 Å². The van der Waals surface area contributed by atoms with E-state index in [1.54, 1.807) is 10.4 Å². The summed E-state index contributed by atoms with van der Waals surface area (Å²) in [6.07, 6.45) is 8.97. The summed E-state index contributed by atoms with van der Waals surface area (Å²) in [5.41, 5.74) is 9.20. The molecule has 0 saturated heterocycles. The van der Waals surface area contributed by atoms with Crippen LogP contribution in [0.15, 0.2) is 109 Å². The Morgan fingerprint density at radius 2 is 1.00 bits per heavy atom. The molecule has 2 heteroatoms. The standard InChI is InChI=1S/C41H42Si.2CH3.Hf/c1-4-29-15-9-11-21-36(29)38-23-13-17-31-25-34(27-40(31)38)42(3,33-19-7-6-8-20-33)35-26-32-18-14-24-39(41(32)28-35)37-22-12-10-16-30(37)5-2;;;/h9-18,21-28,33H,4-8,19-20H2,1-3H3;2*1H3;/q-2;2*-1;+4. The Hall–Kier alpha value is -2.81. The third-order valence-electron chi connectivity index (χ3n) is 10.5. The zero-order valence-electron chi connectivity index (χ0n) is 27.9. The maximum absolute atomic E-state index is 2.70. The SMILES string of the molecule is CCc1ccccc1-c1cccc2[cH-]c([Si](C)(c3cc4c(-c5ccccc5CC)cccc4[cH-]3)C3CCCCC3)cc12.[CH3-].[CH3-].[Hf+4]. The van der Waals surface area contributed by atoms with Gasteiger partial charge in [-0.1, -0.05) is 124 Å². The minimum absolute atomic E-state index is 0. The van der Waals surface area contributed by atoms with Crippen molar-refractivity contribution in [3.63, 3.8) is 0 Å². The Morgan fingerprint density at radius 1 is 0.578 bits per heavy atom. The van der Waals surface area contributed by atoms with Gasteiger partial charge in [-0.25, -0.2) is 0 Å². The van der Waals surface area contributed by atoms with Crippen molar-refractivity contribution >= 4 is 40.0 Å². The Balaban J connectivity index is 0.00000154. The molecule has 0 N–H and O–H groups in total. The molecular weight excluding hydrogens is 723 g/mol. The Morgan fingerprint density at radius 3 is 1.44 bits per heavy atom. The largest absolute Gasteiger partial charge is 4.00 e. The van der Waals surface area contributed by atoms with Crippen LogP contribution in [0.2, 0.25) is 12.1 Å². The molecule has 1 saturated carbocycles. The van der Waals surface area contributed by atoms with E-state index in [0.29, 0.717) is 0 Å². The summed E-state index contributed by atoms with van der Waals surface area (Å²) in [5, 5.41) is 8.90. The predicted molar refractivity (Wildman–Crippen MR) is 199 cm³/mol. The molecule has 0 amide bonds. The molecule has 0 heterocycles. The van der Waals surface area contributed by atoms with E-state index in [1.165, 1.54) is 87.0 Å². The van der Waals surface area contributed by atoms with E-state index < -0.39 is 8.07 Å². The van der Waals surface area contributed by atoms with Gasteiger partial charge in [-0.2, -0.15) is 12.1 Å². The first-order chi connectivity index (χ1) is 20.6. The van der Waals surface area contributed by atoms with Crippen LogP contribution < -0.4 is 10.4 Å². The molecule has 0 atom stereocenters. The maximum atomic E-state index is 2.70. The normalized spacial score (nSPS) is 13.7. The fraction of sp³-hybridized carbons (Fsp3) is 0.256. The zero-order chi connectivity index (χ0) is 28.7. The van der Waals surface area contributed by atoms with Crippen molar-refractivity contribution < 1.29 is 25.8 Å². The first-order valence-corrected chi connectivity index (χ1v) is 18.8. The first-order valence-electron chi connectivity index (χ1n) is 16.2. The molecule has 0 bridgehead atoms. The molecule has 6 aromatic carbocycles. The maximum Gasteiger partial charge on any atom is 4.00 e. The second kappa shape index (κ2) is 14.7. The Bertz CT molecular complexity index is 1740. The topological polar surface area (TPSA) is 0 Å². The molecule has 0 aromatic heterocycles. The number of hydrogen-bond acceptors (Lipinski definition) is 0. The summed E-state index contributed by atoms with van der Waals surface area (Å²) in [5.74, 6) is 0. The van der Waals surface area contributed by atoms with Gasteiger partial charge < -0.3 is 14.9 Å². The molecule has 1 aliphatic carbocycles. The number of benzene rings is 4. The molecule has 1 aliphatic rings. The van der Waals surface area contributed by atoms with E-state index in [1.807, 2.05) is 0 Å². The predicted octanol–water partition coefficient (Wildman–Crippen LogP) is 11.3. The Kier molecular flexibility index (Phi) is 11.5. The summed E-state index contributed by atoms with van der Waals surface area (Å²) in [6, 6.07) is 42.3. The van der Waals surface area contributed by atoms with Gasteiger partial charge in [-0.3, -0.25) is 0 Å². The van der Waals surface area contributed by atoms with Gasteiger partial charge in [-0.15, -0.1) is 68.3 Å². The minimum Gasteiger partial charge on any atom is -0.358 e. The summed E-state index contributed by atoms with van der Waals surface area (Å²) in [4.78, 5) is 0. The van der Waals surface area contributed by atoms with Crippen LogP contribution in [0.25, 0.3) is 43.8 Å². The van der Waals surface area contributed by atoms with Crippen molar-refractivity contribution in [3.05, 3.63) is 135 Å². The van der Waals surface area contributed by atoms with Gasteiger partial charge in [-0.05, 0) is 40.6 Å². The van der Waals surface area contributed by atoms with Crippen LogP contribution in [-0.4, -0.2) is 8.07 Å². The van der Waals surface area contributed by atoms with E-state index in [-0.39, 0.29) is 40.7 Å². The summed E-state index contributed by atoms with van der Waals surface area (Å²) >= 11 is 0. The summed E-state index contributed by atoms with van der Waals surface area (Å²) in [7, 11) is -2.06. The van der Waals surface area contributed by atoms with E-state index in [2.05, 4.69) is 130 Å². The van der Waals surface area contributed by atoms with Crippen LogP contribution in [-0.2, 0) is 38.7 Å². The fourth-order valence-corrected chi connectivity index (χ4v) is 12.7. The van der Waals surface area contributed by atoms with Crippen LogP contribution in [0, 0.1) is 14.9 Å². The van der Waals surface area contributed by atoms with Crippen molar-refractivity contribution in [2.24, 2.45) is 0 Å². The van der Waals surface area contributed by atoms with Gasteiger partial charge in [0.15, 0.2) is 0 Å². The monoisotopic (exact) mass is 772 g/mol. The van der Waals surface area contributed by atoms with E-state index in [0.717, 1.165) is 18.4 Å². The molecule has 6 aromatic rings. The number of rotatable bonds is 7. The van der Waals surface area contributed by atoms with Crippen LogP contribution in [0.1, 0.15) is 57.1 Å². The molecule has 0 aliphatic heterocycles. The van der Waals surface area contributed by atoms with Crippen molar-refractivity contribution in [2.45, 2.75) is 70.9 Å². The van der Waals surface area contributed by atoms with Gasteiger partial charge in [0.1, 0.15) is 0 Å². The third-order valence-corrected chi connectivity index (χ3v) is 15.7. The molecule has 1 fully saturated rings. The third kappa shape index (κ3) is 6.18. The Labute approximate surface area is 292 Å². The van der Waals surface area contributed by atoms with Crippen LogP contribution >= 0.6 is 0 Å². The molecular formula is C43H48HfSi. The molecule has 0 spiro atoms. The number of hydrogen-bond donors (Lipinski definition) is 0. The van der Waals surface area contributed by atoms with E-state index >= 15 is 0 Å². The van der Waals surface area contributed by atoms with Gasteiger partial charge in [0, 0.05) is 0 Å². The average molecular weight is 771 g/mol. The van der Waals surface area contributed by atoms with Gasteiger partial charge in [0.2, 0.25) is 0 Å². The number of fused-ring (bicyclic) bond motifs is 2. The van der Waals surface area contributed by atoms with Crippen molar-refractivity contribution in [3.8, 4) is 22.3 Å². The minimum atomic E-state index is -2.06. The zero-order valence-corrected chi connectivity index (χ0v) is 32.5. The molecule has 228 valence electrons. The van der Waals surface area contributed by atoms with Crippen molar-refractivity contribution in [2.75, 3.05) is 0 Å². The van der Waals surface area contributed by atoms with Crippen LogP contribution in [0.4, 0.5) is 0 Å². The van der Waals surface area contributed by atoms with Gasteiger partial charge in [0.25, 0.3) is 0 Å². The number of aryl methyl sites for hydroxylation is 2. The molecule has 7 rings (SSSR count). The quantitative estimate of drug-likeness (QED) is 0.112. The summed E-state index contributed by atoms with van der Waals surface area (Å²) < 4.78 is 0. The summed E-state index contributed by atoms with van der Waals surface area (Å²) in [6.45, 7) is 7.25. The molecule has 0 unspecified atom stereocenters. The van der Waals surface area contributed by atoms with Crippen molar-refractivity contribution in [1.82, 2.24) is 0 Å². The first kappa shape index (κ1) is 35.0. The average Bonchev–Trinajstić information content (AvgIpc) is 3.70. The molecule has 45 heavy (non-hydrogen) atoms. The van der Waals surface area contributed by atoms with E-state index in [4.69, 9.17) is 0 Å². The van der Waals surface area contributed by atoms with Gasteiger partial charge >= 0.3 is 25.8 Å². The second-order valence-electron chi connectivity index (χ2n) is 12.7. The van der Waals surface area contributed by atoms with Gasteiger partial charge in [0.05, 0.1) is 8.07 Å². The van der Waals surface area contributed by atoms with Crippen LogP contribution in [0.5, 0.6) is 0 Å². The van der Waals surface area contributed by atoms with E-state index in [9.17, 15) is 0 Å². The molecule has 0 nitrogen and oxygen atoms in total. The smallest absolute Gasteiger partial charge is 0.358 e. The second-order valence-corrected chi connectivity index (χ2v) is 17.0. The molecule has 0 radical (unpaired) electrons. The van der Waals surface area contributed by atoms with Crippen molar-refractivity contribution in [1.29, 1.82) is 0 Å². The fourth-order valence-electron chi connectivity index (χ4n) is 8.04.